The lowest BCUT2D eigenvalue weighted by Crippen LogP contribution is -2.16. The summed E-state index contributed by atoms with van der Waals surface area (Å²) in [5.41, 5.74) is 4.87. The first-order chi connectivity index (χ1) is 14.0. The summed E-state index contributed by atoms with van der Waals surface area (Å²) in [6.45, 7) is 9.21. The Morgan fingerprint density at radius 1 is 0.931 bits per heavy atom. The van der Waals surface area contributed by atoms with Crippen molar-refractivity contribution in [2.45, 2.75) is 46.1 Å². The number of aromatic nitrogens is 2. The highest BCUT2D eigenvalue weighted by molar-refractivity contribution is 6.05. The van der Waals surface area contributed by atoms with Crippen LogP contribution in [0.15, 0.2) is 61.1 Å². The molecule has 0 saturated carbocycles. The molecular formula is C24H28N4O. The maximum atomic E-state index is 12.9. The zero-order chi connectivity index (χ0) is 20.8. The Kier molecular flexibility index (Phi) is 6.60. The number of para-hydroxylation sites is 1. The van der Waals surface area contributed by atoms with Crippen molar-refractivity contribution >= 4 is 17.4 Å². The van der Waals surface area contributed by atoms with Gasteiger partial charge in [0.25, 0.3) is 5.91 Å². The van der Waals surface area contributed by atoms with Gasteiger partial charge in [0.15, 0.2) is 0 Å². The quantitative estimate of drug-likeness (QED) is 0.554. The number of pyridine rings is 2. The van der Waals surface area contributed by atoms with Crippen molar-refractivity contribution < 1.29 is 4.79 Å². The summed E-state index contributed by atoms with van der Waals surface area (Å²) in [6.07, 6.45) is 5.13. The van der Waals surface area contributed by atoms with Crippen LogP contribution in [-0.2, 0) is 6.54 Å². The van der Waals surface area contributed by atoms with Crippen LogP contribution in [0.1, 0.15) is 66.6 Å². The summed E-state index contributed by atoms with van der Waals surface area (Å²) in [6, 6.07) is 13.7. The van der Waals surface area contributed by atoms with Crippen LogP contribution >= 0.6 is 0 Å². The van der Waals surface area contributed by atoms with Crippen LogP contribution in [0.5, 0.6) is 0 Å². The third kappa shape index (κ3) is 5.19. The lowest BCUT2D eigenvalue weighted by atomic mass is 9.92. The number of carbonyl (C=O) groups is 1. The summed E-state index contributed by atoms with van der Waals surface area (Å²) < 4.78 is 0. The highest BCUT2D eigenvalue weighted by Gasteiger charge is 2.17. The first-order valence-electron chi connectivity index (χ1n) is 9.98. The van der Waals surface area contributed by atoms with Crippen LogP contribution in [0.25, 0.3) is 0 Å². The molecule has 2 aromatic heterocycles. The fourth-order valence-electron chi connectivity index (χ4n) is 3.21. The number of hydrogen-bond acceptors (Lipinski definition) is 4. The minimum Gasteiger partial charge on any atom is -0.366 e. The second-order valence-corrected chi connectivity index (χ2v) is 7.72. The molecule has 0 radical (unpaired) electrons. The Morgan fingerprint density at radius 3 is 2.14 bits per heavy atom. The highest BCUT2D eigenvalue weighted by atomic mass is 16.1. The molecule has 1 aromatic carbocycles. The van der Waals surface area contributed by atoms with Gasteiger partial charge in [0.1, 0.15) is 5.82 Å². The molecule has 3 rings (SSSR count). The number of amides is 1. The molecule has 0 atom stereocenters. The third-order valence-corrected chi connectivity index (χ3v) is 4.86. The van der Waals surface area contributed by atoms with Crippen LogP contribution in [0, 0.1) is 0 Å². The molecule has 3 aromatic rings. The van der Waals surface area contributed by atoms with Gasteiger partial charge < -0.3 is 10.6 Å². The number of nitrogens with one attached hydrogen (secondary N) is 2. The maximum Gasteiger partial charge on any atom is 0.257 e. The van der Waals surface area contributed by atoms with Gasteiger partial charge in [0, 0.05) is 30.8 Å². The smallest absolute Gasteiger partial charge is 0.257 e. The molecule has 0 aliphatic carbocycles. The molecule has 1 amide bonds. The number of carbonyl (C=O) groups excluding carboxylic acids is 1. The zero-order valence-electron chi connectivity index (χ0n) is 17.4. The van der Waals surface area contributed by atoms with Crippen LogP contribution in [0.3, 0.4) is 0 Å². The van der Waals surface area contributed by atoms with Crippen LogP contribution in [0.4, 0.5) is 11.5 Å². The number of nitrogens with zero attached hydrogens (tertiary/aromatic N) is 2. The van der Waals surface area contributed by atoms with Crippen molar-refractivity contribution in [3.05, 3.63) is 83.3 Å². The second-order valence-electron chi connectivity index (χ2n) is 7.72. The van der Waals surface area contributed by atoms with E-state index in [1.165, 1.54) is 0 Å². The van der Waals surface area contributed by atoms with Crippen LogP contribution in [0.2, 0.25) is 0 Å². The van der Waals surface area contributed by atoms with Gasteiger partial charge >= 0.3 is 0 Å². The molecule has 0 saturated heterocycles. The van der Waals surface area contributed by atoms with Crippen molar-refractivity contribution in [2.75, 3.05) is 10.6 Å². The second kappa shape index (κ2) is 9.32. The van der Waals surface area contributed by atoms with E-state index in [0.29, 0.717) is 23.9 Å². The fourth-order valence-corrected chi connectivity index (χ4v) is 3.21. The predicted molar refractivity (Wildman–Crippen MR) is 118 cm³/mol. The van der Waals surface area contributed by atoms with Gasteiger partial charge in [0.05, 0.1) is 5.56 Å². The van der Waals surface area contributed by atoms with Crippen molar-refractivity contribution in [2.24, 2.45) is 0 Å². The summed E-state index contributed by atoms with van der Waals surface area (Å²) in [5.74, 6) is 1.22. The van der Waals surface area contributed by atoms with Gasteiger partial charge in [-0.1, -0.05) is 45.9 Å². The molecule has 0 bridgehead atoms. The molecule has 29 heavy (non-hydrogen) atoms. The molecule has 5 nitrogen and oxygen atoms in total. The summed E-state index contributed by atoms with van der Waals surface area (Å²) in [5, 5.41) is 6.38. The first-order valence-corrected chi connectivity index (χ1v) is 9.98. The van der Waals surface area contributed by atoms with E-state index in [2.05, 4.69) is 66.5 Å². The number of anilines is 2. The fraction of sp³-hybridized carbons (Fsp3) is 0.292. The van der Waals surface area contributed by atoms with E-state index in [1.807, 2.05) is 18.2 Å². The predicted octanol–water partition coefficient (Wildman–Crippen LogP) is 5.59. The highest BCUT2D eigenvalue weighted by Crippen LogP contribution is 2.32. The minimum absolute atomic E-state index is 0.145. The van der Waals surface area contributed by atoms with Crippen LogP contribution < -0.4 is 10.6 Å². The normalized spacial score (nSPS) is 11.0. The molecule has 5 heteroatoms. The zero-order valence-corrected chi connectivity index (χ0v) is 17.4. The number of rotatable bonds is 7. The van der Waals surface area contributed by atoms with E-state index < -0.39 is 0 Å². The Balaban J connectivity index is 1.73. The Labute approximate surface area is 172 Å². The van der Waals surface area contributed by atoms with Crippen LogP contribution in [-0.4, -0.2) is 15.9 Å². The van der Waals surface area contributed by atoms with E-state index in [1.54, 1.807) is 24.7 Å². The van der Waals surface area contributed by atoms with Crippen molar-refractivity contribution in [1.29, 1.82) is 0 Å². The SMILES string of the molecule is CC(C)c1cccc(C(C)C)c1NC(=O)c1ccc(NCc2ccncc2)nc1. The summed E-state index contributed by atoms with van der Waals surface area (Å²) >= 11 is 0. The summed E-state index contributed by atoms with van der Waals surface area (Å²) in [4.78, 5) is 21.3. The average molecular weight is 389 g/mol. The van der Waals surface area contributed by atoms with Gasteiger partial charge in [-0.25, -0.2) is 4.98 Å². The minimum atomic E-state index is -0.145. The molecule has 0 spiro atoms. The van der Waals surface area contributed by atoms with Crippen molar-refractivity contribution in [1.82, 2.24) is 9.97 Å². The van der Waals surface area contributed by atoms with E-state index in [4.69, 9.17) is 0 Å². The van der Waals surface area contributed by atoms with E-state index in [9.17, 15) is 4.79 Å². The van der Waals surface area contributed by atoms with Gasteiger partial charge in [-0.2, -0.15) is 0 Å². The first kappa shape index (κ1) is 20.5. The third-order valence-electron chi connectivity index (χ3n) is 4.86. The lowest BCUT2D eigenvalue weighted by Gasteiger charge is -2.20. The van der Waals surface area contributed by atoms with Gasteiger partial charge in [-0.05, 0) is 52.8 Å². The van der Waals surface area contributed by atoms with E-state index in [-0.39, 0.29) is 5.91 Å². The molecule has 0 aliphatic rings. The molecular weight excluding hydrogens is 360 g/mol. The molecule has 0 unspecified atom stereocenters. The van der Waals surface area contributed by atoms with Gasteiger partial charge in [-0.15, -0.1) is 0 Å². The monoisotopic (exact) mass is 388 g/mol. The number of benzene rings is 1. The molecule has 2 heterocycles. The average Bonchev–Trinajstić information content (AvgIpc) is 2.73. The number of hydrogen-bond donors (Lipinski definition) is 2. The molecule has 150 valence electrons. The van der Waals surface area contributed by atoms with Crippen molar-refractivity contribution in [3.8, 4) is 0 Å². The van der Waals surface area contributed by atoms with Gasteiger partial charge in [0.2, 0.25) is 0 Å². The Morgan fingerprint density at radius 2 is 1.59 bits per heavy atom. The Hall–Kier alpha value is -3.21. The summed E-state index contributed by atoms with van der Waals surface area (Å²) in [7, 11) is 0. The topological polar surface area (TPSA) is 66.9 Å². The van der Waals surface area contributed by atoms with Gasteiger partial charge in [-0.3, -0.25) is 9.78 Å². The maximum absolute atomic E-state index is 12.9. The van der Waals surface area contributed by atoms with E-state index in [0.717, 1.165) is 28.2 Å². The molecule has 0 aliphatic heterocycles. The van der Waals surface area contributed by atoms with Crippen molar-refractivity contribution in [3.63, 3.8) is 0 Å². The molecule has 0 fully saturated rings. The Bertz CT molecular complexity index is 924. The molecule has 2 N–H and O–H groups in total. The lowest BCUT2D eigenvalue weighted by molar-refractivity contribution is 0.102. The van der Waals surface area contributed by atoms with E-state index >= 15 is 0 Å². The standard InChI is InChI=1S/C24H28N4O/c1-16(2)20-6-5-7-21(17(3)4)23(20)28-24(29)19-8-9-22(27-15-19)26-14-18-10-12-25-13-11-18/h5-13,15-17H,14H2,1-4H3,(H,26,27)(H,28,29). The largest absolute Gasteiger partial charge is 0.366 e.